The molecule has 1 atom stereocenters. The maximum Gasteiger partial charge on any atom is 0.265 e. The Morgan fingerprint density at radius 1 is 1.23 bits per heavy atom. The number of carbonyl (C=O) groups excluding carboxylic acids is 2. The van der Waals surface area contributed by atoms with Gasteiger partial charge in [0, 0.05) is 16.9 Å². The summed E-state index contributed by atoms with van der Waals surface area (Å²) >= 11 is 0. The van der Waals surface area contributed by atoms with E-state index in [2.05, 4.69) is 16.7 Å². The van der Waals surface area contributed by atoms with Crippen LogP contribution in [0.2, 0.25) is 0 Å². The van der Waals surface area contributed by atoms with Crippen LogP contribution in [-0.2, 0) is 16.1 Å². The number of hydrogen-bond acceptors (Lipinski definition) is 3. The molecule has 4 rings (SSSR count). The number of nitrogens with one attached hydrogen (secondary N) is 2. The van der Waals surface area contributed by atoms with E-state index in [1.807, 2.05) is 35.8 Å². The predicted molar refractivity (Wildman–Crippen MR) is 100 cm³/mol. The molecular formula is C20H19N3O3. The number of aromatic nitrogens is 1. The van der Waals surface area contributed by atoms with E-state index in [1.165, 1.54) is 0 Å². The second-order valence-electron chi connectivity index (χ2n) is 6.44. The highest BCUT2D eigenvalue weighted by atomic mass is 16.5. The summed E-state index contributed by atoms with van der Waals surface area (Å²) in [5, 5.41) is 6.78. The van der Waals surface area contributed by atoms with Crippen molar-refractivity contribution < 1.29 is 14.3 Å². The molecule has 0 spiro atoms. The number of para-hydroxylation sites is 1. The summed E-state index contributed by atoms with van der Waals surface area (Å²) in [7, 11) is 0. The van der Waals surface area contributed by atoms with Crippen molar-refractivity contribution in [2.24, 2.45) is 0 Å². The highest BCUT2D eigenvalue weighted by molar-refractivity contribution is 5.99. The van der Waals surface area contributed by atoms with Crippen LogP contribution in [0.4, 0.5) is 11.4 Å². The van der Waals surface area contributed by atoms with E-state index in [0.717, 1.165) is 16.6 Å². The minimum absolute atomic E-state index is 0.133. The van der Waals surface area contributed by atoms with E-state index in [1.54, 1.807) is 25.1 Å². The fourth-order valence-electron chi connectivity index (χ4n) is 3.19. The number of rotatable bonds is 3. The van der Waals surface area contributed by atoms with Gasteiger partial charge in [0.15, 0.2) is 6.10 Å². The molecule has 2 N–H and O–H groups in total. The lowest BCUT2D eigenvalue weighted by molar-refractivity contribution is -0.122. The zero-order chi connectivity index (χ0) is 18.3. The predicted octanol–water partition coefficient (Wildman–Crippen LogP) is 3.31. The molecule has 132 valence electrons. The van der Waals surface area contributed by atoms with Crippen molar-refractivity contribution in [2.75, 3.05) is 10.6 Å². The Balaban J connectivity index is 1.53. The van der Waals surface area contributed by atoms with Crippen LogP contribution in [0.3, 0.4) is 0 Å². The van der Waals surface area contributed by atoms with Crippen molar-refractivity contribution in [1.82, 2.24) is 4.57 Å². The number of benzene rings is 2. The lowest BCUT2D eigenvalue weighted by atomic mass is 10.2. The third-order valence-electron chi connectivity index (χ3n) is 4.51. The van der Waals surface area contributed by atoms with Crippen LogP contribution in [0.25, 0.3) is 10.9 Å². The van der Waals surface area contributed by atoms with Gasteiger partial charge in [-0.05, 0) is 49.6 Å². The van der Waals surface area contributed by atoms with Crippen LogP contribution in [0.15, 0.2) is 48.5 Å². The fraction of sp³-hybridized carbons (Fsp3) is 0.200. The second kappa shape index (κ2) is 6.22. The minimum atomic E-state index is -0.520. The number of aryl methyl sites for hydroxylation is 1. The summed E-state index contributed by atoms with van der Waals surface area (Å²) in [5.74, 6) is 0.267. The standard InChI is InChI=1S/C20H19N3O3/c1-12-9-14-5-3-4-6-17(14)23(12)11-19(24)21-15-7-8-18-16(10-15)22-20(25)13(2)26-18/h3-10,13H,11H2,1-2H3,(H,21,24)(H,22,25). The fourth-order valence-corrected chi connectivity index (χ4v) is 3.19. The molecule has 1 aliphatic heterocycles. The van der Waals surface area contributed by atoms with Gasteiger partial charge in [0.2, 0.25) is 5.91 Å². The second-order valence-corrected chi connectivity index (χ2v) is 6.44. The molecule has 0 saturated carbocycles. The SMILES string of the molecule is Cc1cc2ccccc2n1CC(=O)Nc1ccc2c(c1)NC(=O)C(C)O2. The van der Waals surface area contributed by atoms with Gasteiger partial charge < -0.3 is 19.9 Å². The number of anilines is 2. The summed E-state index contributed by atoms with van der Waals surface area (Å²) in [4.78, 5) is 24.2. The normalized spacial score (nSPS) is 15.9. The molecule has 0 bridgehead atoms. The zero-order valence-electron chi connectivity index (χ0n) is 14.6. The molecule has 2 heterocycles. The number of nitrogens with zero attached hydrogens (tertiary/aromatic N) is 1. The van der Waals surface area contributed by atoms with E-state index >= 15 is 0 Å². The highest BCUT2D eigenvalue weighted by Gasteiger charge is 2.23. The van der Waals surface area contributed by atoms with Crippen LogP contribution in [0.5, 0.6) is 5.75 Å². The quantitative estimate of drug-likeness (QED) is 0.762. The number of hydrogen-bond donors (Lipinski definition) is 2. The molecule has 3 aromatic rings. The Morgan fingerprint density at radius 3 is 2.88 bits per heavy atom. The highest BCUT2D eigenvalue weighted by Crippen LogP contribution is 2.32. The summed E-state index contributed by atoms with van der Waals surface area (Å²) < 4.78 is 7.51. The van der Waals surface area contributed by atoms with Crippen molar-refractivity contribution in [1.29, 1.82) is 0 Å². The first-order chi connectivity index (χ1) is 12.5. The lowest BCUT2D eigenvalue weighted by Crippen LogP contribution is -2.34. The molecule has 6 nitrogen and oxygen atoms in total. The van der Waals surface area contributed by atoms with E-state index in [4.69, 9.17) is 4.74 Å². The molecule has 26 heavy (non-hydrogen) atoms. The van der Waals surface area contributed by atoms with Crippen molar-refractivity contribution in [2.45, 2.75) is 26.5 Å². The van der Waals surface area contributed by atoms with Gasteiger partial charge in [-0.3, -0.25) is 9.59 Å². The van der Waals surface area contributed by atoms with Gasteiger partial charge in [0.05, 0.1) is 5.69 Å². The van der Waals surface area contributed by atoms with Gasteiger partial charge in [0.25, 0.3) is 5.91 Å². The Labute approximate surface area is 150 Å². The molecule has 6 heteroatoms. The van der Waals surface area contributed by atoms with E-state index in [-0.39, 0.29) is 18.4 Å². The maximum atomic E-state index is 12.5. The van der Waals surface area contributed by atoms with Crippen molar-refractivity contribution >= 4 is 34.1 Å². The molecular weight excluding hydrogens is 330 g/mol. The first-order valence-electron chi connectivity index (χ1n) is 8.47. The Hall–Kier alpha value is -3.28. The third-order valence-corrected chi connectivity index (χ3v) is 4.51. The Bertz CT molecular complexity index is 1020. The van der Waals surface area contributed by atoms with Crippen molar-refractivity contribution in [3.05, 3.63) is 54.2 Å². The Kier molecular flexibility index (Phi) is 3.88. The average Bonchev–Trinajstić information content (AvgIpc) is 2.92. The van der Waals surface area contributed by atoms with Crippen LogP contribution >= 0.6 is 0 Å². The van der Waals surface area contributed by atoms with Gasteiger partial charge in [-0.25, -0.2) is 0 Å². The topological polar surface area (TPSA) is 72.4 Å². The van der Waals surface area contributed by atoms with Crippen LogP contribution < -0.4 is 15.4 Å². The first kappa shape index (κ1) is 16.2. The number of amides is 2. The molecule has 2 amide bonds. The van der Waals surface area contributed by atoms with Gasteiger partial charge in [0.1, 0.15) is 12.3 Å². The van der Waals surface area contributed by atoms with Crippen LogP contribution in [0, 0.1) is 6.92 Å². The maximum absolute atomic E-state index is 12.5. The van der Waals surface area contributed by atoms with Crippen LogP contribution in [0.1, 0.15) is 12.6 Å². The number of fused-ring (bicyclic) bond motifs is 2. The monoisotopic (exact) mass is 349 g/mol. The zero-order valence-corrected chi connectivity index (χ0v) is 14.6. The lowest BCUT2D eigenvalue weighted by Gasteiger charge is -2.23. The first-order valence-corrected chi connectivity index (χ1v) is 8.47. The largest absolute Gasteiger partial charge is 0.479 e. The summed E-state index contributed by atoms with van der Waals surface area (Å²) in [5.41, 5.74) is 3.23. The third kappa shape index (κ3) is 2.90. The van der Waals surface area contributed by atoms with E-state index in [0.29, 0.717) is 17.1 Å². The molecule has 1 aliphatic rings. The average molecular weight is 349 g/mol. The smallest absolute Gasteiger partial charge is 0.265 e. The van der Waals surface area contributed by atoms with Gasteiger partial charge in [-0.15, -0.1) is 0 Å². The molecule has 1 unspecified atom stereocenters. The van der Waals surface area contributed by atoms with E-state index in [9.17, 15) is 9.59 Å². The molecule has 0 radical (unpaired) electrons. The summed E-state index contributed by atoms with van der Waals surface area (Å²) in [6, 6.07) is 15.3. The number of ether oxygens (including phenoxy) is 1. The van der Waals surface area contributed by atoms with Crippen molar-refractivity contribution in [3.8, 4) is 5.75 Å². The van der Waals surface area contributed by atoms with Gasteiger partial charge >= 0.3 is 0 Å². The van der Waals surface area contributed by atoms with E-state index < -0.39 is 6.10 Å². The van der Waals surface area contributed by atoms with Gasteiger partial charge in [-0.2, -0.15) is 0 Å². The molecule has 2 aromatic carbocycles. The van der Waals surface area contributed by atoms with Crippen molar-refractivity contribution in [3.63, 3.8) is 0 Å². The summed E-state index contributed by atoms with van der Waals surface area (Å²) in [6.45, 7) is 3.90. The minimum Gasteiger partial charge on any atom is -0.479 e. The molecule has 1 aromatic heterocycles. The molecule has 0 fully saturated rings. The number of carbonyl (C=O) groups is 2. The summed E-state index contributed by atoms with van der Waals surface area (Å²) in [6.07, 6.45) is -0.520. The van der Waals surface area contributed by atoms with Gasteiger partial charge in [-0.1, -0.05) is 18.2 Å². The molecule has 0 saturated heterocycles. The molecule has 0 aliphatic carbocycles. The van der Waals surface area contributed by atoms with Crippen LogP contribution in [-0.4, -0.2) is 22.5 Å². The Morgan fingerprint density at radius 2 is 2.04 bits per heavy atom.